The summed E-state index contributed by atoms with van der Waals surface area (Å²) in [7, 11) is 0. The standard InChI is InChI=1S/C53H39N3OS/c54-46(35-25-27-36(28-26-35)49-41-17-6-7-18-42(41)51-50(56-49)45-19-8-9-23-48(45)57-51)31-47(38-29-24-33-12-4-5-15-37(33)30-38)55-32-39-16-10-21-43-44-22-11-20-40(53(44)58-52(39)43)34-13-2-1-3-14-34/h1-8,10-19,21-22,24-31,40H,9,20,23,32,54H2/b46-31-,55-47?. The molecule has 1 unspecified atom stereocenters. The number of fused-ring (bicyclic) bond motifs is 9. The van der Waals surface area contributed by atoms with Gasteiger partial charge < -0.3 is 10.2 Å². The number of rotatable bonds is 7. The molecule has 2 aliphatic carbocycles. The molecule has 0 fully saturated rings. The molecular formula is C53H39N3OS. The van der Waals surface area contributed by atoms with Crippen LogP contribution in [0.4, 0.5) is 0 Å². The number of allylic oxidation sites excluding steroid dienone is 3. The average molecular weight is 766 g/mol. The fourth-order valence-corrected chi connectivity index (χ4v) is 10.2. The lowest BCUT2D eigenvalue weighted by molar-refractivity contribution is 0.548. The van der Waals surface area contributed by atoms with Crippen LogP contribution in [0.1, 0.15) is 62.8 Å². The Morgan fingerprint density at radius 2 is 1.50 bits per heavy atom. The first kappa shape index (κ1) is 34.4. The molecule has 0 aliphatic heterocycles. The number of aryl methyl sites for hydroxylation is 1. The summed E-state index contributed by atoms with van der Waals surface area (Å²) in [4.78, 5) is 12.0. The van der Waals surface area contributed by atoms with Crippen LogP contribution >= 0.6 is 11.3 Å². The molecule has 3 heterocycles. The predicted molar refractivity (Wildman–Crippen MR) is 244 cm³/mol. The van der Waals surface area contributed by atoms with Crippen LogP contribution in [0.2, 0.25) is 0 Å². The number of hydrogen-bond donors (Lipinski definition) is 1. The number of nitrogens with zero attached hydrogens (tertiary/aromatic N) is 2. The number of nitrogens with two attached hydrogens (primary N) is 1. The van der Waals surface area contributed by atoms with Crippen LogP contribution in [-0.4, -0.2) is 10.7 Å². The summed E-state index contributed by atoms with van der Waals surface area (Å²) < 4.78 is 7.71. The van der Waals surface area contributed by atoms with Gasteiger partial charge in [0.15, 0.2) is 5.58 Å². The normalized spacial score (nSPS) is 15.4. The zero-order chi connectivity index (χ0) is 38.6. The van der Waals surface area contributed by atoms with Crippen molar-refractivity contribution in [2.24, 2.45) is 10.7 Å². The summed E-state index contributed by atoms with van der Waals surface area (Å²) in [6.45, 7) is 0.537. The maximum absolute atomic E-state index is 7.00. The van der Waals surface area contributed by atoms with Crippen LogP contribution in [0, 0.1) is 0 Å². The van der Waals surface area contributed by atoms with Gasteiger partial charge in [-0.05, 0) is 58.0 Å². The van der Waals surface area contributed by atoms with Crippen LogP contribution in [0.25, 0.3) is 71.8 Å². The number of hydrogen-bond acceptors (Lipinski definition) is 5. The summed E-state index contributed by atoms with van der Waals surface area (Å²) in [5.41, 5.74) is 19.2. The summed E-state index contributed by atoms with van der Waals surface area (Å²) in [5, 5.41) is 5.81. The zero-order valence-electron chi connectivity index (χ0n) is 31.9. The third-order valence-corrected chi connectivity index (χ3v) is 13.2. The Morgan fingerprint density at radius 3 is 2.38 bits per heavy atom. The molecule has 3 aromatic heterocycles. The van der Waals surface area contributed by atoms with Crippen molar-refractivity contribution >= 4 is 77.6 Å². The maximum Gasteiger partial charge on any atom is 0.161 e. The average Bonchev–Trinajstić information content (AvgIpc) is 3.87. The molecule has 2 aliphatic rings. The first-order valence-electron chi connectivity index (χ1n) is 20.0. The molecule has 0 amide bonds. The lowest BCUT2D eigenvalue weighted by Gasteiger charge is -2.18. The van der Waals surface area contributed by atoms with Gasteiger partial charge in [0.2, 0.25) is 0 Å². The maximum atomic E-state index is 7.00. The molecule has 6 aromatic carbocycles. The summed E-state index contributed by atoms with van der Waals surface area (Å²) >= 11 is 1.92. The van der Waals surface area contributed by atoms with Gasteiger partial charge in [-0.3, -0.25) is 4.99 Å². The van der Waals surface area contributed by atoms with E-state index in [1.807, 2.05) is 17.4 Å². The first-order chi connectivity index (χ1) is 28.7. The Hall–Kier alpha value is -6.82. The minimum atomic E-state index is 0.364. The number of thiophene rings is 1. The molecule has 58 heavy (non-hydrogen) atoms. The summed E-state index contributed by atoms with van der Waals surface area (Å²) in [5.74, 6) is 1.38. The lowest BCUT2D eigenvalue weighted by atomic mass is 9.87. The quantitative estimate of drug-likeness (QED) is 0.164. The summed E-state index contributed by atoms with van der Waals surface area (Å²) in [6.07, 6.45) is 13.9. The Bertz CT molecular complexity index is 3180. The topological polar surface area (TPSA) is 64.4 Å². The molecule has 9 aromatic rings. The smallest absolute Gasteiger partial charge is 0.161 e. The number of pyridine rings is 1. The van der Waals surface area contributed by atoms with Crippen molar-refractivity contribution < 1.29 is 4.42 Å². The fourth-order valence-electron chi connectivity index (χ4n) is 8.79. The monoisotopic (exact) mass is 765 g/mol. The van der Waals surface area contributed by atoms with Gasteiger partial charge in [-0.15, -0.1) is 11.3 Å². The van der Waals surface area contributed by atoms with Crippen LogP contribution in [0.15, 0.2) is 167 Å². The van der Waals surface area contributed by atoms with Crippen molar-refractivity contribution in [3.05, 3.63) is 202 Å². The Balaban J connectivity index is 0.971. The van der Waals surface area contributed by atoms with E-state index in [9.17, 15) is 0 Å². The minimum Gasteiger partial charge on any atom is -0.458 e. The third-order valence-electron chi connectivity index (χ3n) is 11.8. The zero-order valence-corrected chi connectivity index (χ0v) is 32.7. The molecule has 11 rings (SSSR count). The van der Waals surface area contributed by atoms with Crippen LogP contribution in [0.3, 0.4) is 0 Å². The molecule has 278 valence electrons. The first-order valence-corrected chi connectivity index (χ1v) is 20.9. The minimum absolute atomic E-state index is 0.364. The van der Waals surface area contributed by atoms with Crippen molar-refractivity contribution in [1.82, 2.24) is 4.98 Å². The molecule has 2 N–H and O–H groups in total. The Kier molecular flexibility index (Phi) is 8.48. The van der Waals surface area contributed by atoms with E-state index in [-0.39, 0.29) is 0 Å². The van der Waals surface area contributed by atoms with Gasteiger partial charge in [-0.1, -0.05) is 158 Å². The number of furan rings is 1. The van der Waals surface area contributed by atoms with Gasteiger partial charge in [0.25, 0.3) is 0 Å². The van der Waals surface area contributed by atoms with Gasteiger partial charge in [-0.25, -0.2) is 4.98 Å². The van der Waals surface area contributed by atoms with E-state index in [1.54, 1.807) is 0 Å². The second-order valence-corrected chi connectivity index (χ2v) is 16.3. The van der Waals surface area contributed by atoms with E-state index in [0.717, 1.165) is 80.6 Å². The Morgan fingerprint density at radius 1 is 0.741 bits per heavy atom. The Labute approximate surface area is 341 Å². The molecule has 0 spiro atoms. The van der Waals surface area contributed by atoms with E-state index in [0.29, 0.717) is 18.2 Å². The molecule has 0 saturated heterocycles. The molecular weight excluding hydrogens is 727 g/mol. The number of aliphatic imine (C=N–C) groups is 1. The van der Waals surface area contributed by atoms with Crippen LogP contribution < -0.4 is 5.73 Å². The third kappa shape index (κ3) is 5.98. The largest absolute Gasteiger partial charge is 0.458 e. The molecule has 0 saturated carbocycles. The molecule has 0 radical (unpaired) electrons. The molecule has 0 bridgehead atoms. The molecule has 5 heteroatoms. The van der Waals surface area contributed by atoms with E-state index >= 15 is 0 Å². The second kappa shape index (κ2) is 14.3. The van der Waals surface area contributed by atoms with E-state index < -0.39 is 0 Å². The predicted octanol–water partition coefficient (Wildman–Crippen LogP) is 13.5. The highest BCUT2D eigenvalue weighted by Crippen LogP contribution is 2.45. The highest BCUT2D eigenvalue weighted by Gasteiger charge is 2.24. The second-order valence-electron chi connectivity index (χ2n) is 15.3. The fraction of sp³-hybridized carbons (Fsp3) is 0.0943. The van der Waals surface area contributed by atoms with Crippen LogP contribution in [0.5, 0.6) is 0 Å². The lowest BCUT2D eigenvalue weighted by Crippen LogP contribution is -2.05. The van der Waals surface area contributed by atoms with Crippen molar-refractivity contribution in [3.8, 4) is 11.3 Å². The number of benzene rings is 6. The van der Waals surface area contributed by atoms with Crippen molar-refractivity contribution in [1.29, 1.82) is 0 Å². The highest BCUT2D eigenvalue weighted by molar-refractivity contribution is 7.19. The van der Waals surface area contributed by atoms with Gasteiger partial charge in [0, 0.05) is 60.5 Å². The van der Waals surface area contributed by atoms with E-state index in [2.05, 4.69) is 164 Å². The highest BCUT2D eigenvalue weighted by atomic mass is 32.1. The van der Waals surface area contributed by atoms with Crippen molar-refractivity contribution in [2.75, 3.05) is 0 Å². The van der Waals surface area contributed by atoms with Gasteiger partial charge >= 0.3 is 0 Å². The van der Waals surface area contributed by atoms with E-state index in [1.165, 1.54) is 42.4 Å². The SMILES string of the molecule is N/C(=C\C(=NCc1cccc2c3c(sc12)C(c1ccccc1)CC=C3)c1ccc2ccccc2c1)c1ccc(-c2nc3c4c(oc3c3ccccc23)CCC=C4)cc1. The van der Waals surface area contributed by atoms with Crippen molar-refractivity contribution in [2.45, 2.75) is 31.7 Å². The number of aromatic nitrogens is 1. The van der Waals surface area contributed by atoms with E-state index in [4.69, 9.17) is 20.1 Å². The van der Waals surface area contributed by atoms with Gasteiger partial charge in [0.1, 0.15) is 11.3 Å². The van der Waals surface area contributed by atoms with Gasteiger partial charge in [-0.2, -0.15) is 0 Å². The van der Waals surface area contributed by atoms with Gasteiger partial charge in [0.05, 0.1) is 18.0 Å². The molecule has 4 nitrogen and oxygen atoms in total. The molecule has 1 atom stereocenters. The van der Waals surface area contributed by atoms with Crippen molar-refractivity contribution in [3.63, 3.8) is 0 Å². The summed E-state index contributed by atoms with van der Waals surface area (Å²) in [6, 6.07) is 49.4. The van der Waals surface area contributed by atoms with Crippen LogP contribution in [-0.2, 0) is 13.0 Å².